The number of carbonyl (C=O) groups is 2. The highest BCUT2D eigenvalue weighted by molar-refractivity contribution is 5.95. The van der Waals surface area contributed by atoms with Crippen LogP contribution in [0.25, 0.3) is 0 Å². The van der Waals surface area contributed by atoms with Crippen LogP contribution in [0.4, 0.5) is 11.4 Å². The van der Waals surface area contributed by atoms with Gasteiger partial charge in [0, 0.05) is 62.0 Å². The molecule has 1 heterocycles. The van der Waals surface area contributed by atoms with Crippen LogP contribution < -0.4 is 15.8 Å². The first-order chi connectivity index (χ1) is 14.4. The first kappa shape index (κ1) is 21.3. The quantitative estimate of drug-likeness (QED) is 0.555. The van der Waals surface area contributed by atoms with Gasteiger partial charge < -0.3 is 4.90 Å². The molecule has 2 N–H and O–H groups in total. The lowest BCUT2D eigenvalue weighted by atomic mass is 10.1. The molecule has 0 atom stereocenters. The van der Waals surface area contributed by atoms with E-state index >= 15 is 0 Å². The molecule has 1 aliphatic rings. The highest BCUT2D eigenvalue weighted by atomic mass is 16.6. The zero-order chi connectivity index (χ0) is 21.5. The van der Waals surface area contributed by atoms with Gasteiger partial charge >= 0.3 is 0 Å². The van der Waals surface area contributed by atoms with Crippen LogP contribution >= 0.6 is 0 Å². The summed E-state index contributed by atoms with van der Waals surface area (Å²) in [6.07, 6.45) is 0.269. The van der Waals surface area contributed by atoms with Gasteiger partial charge in [-0.05, 0) is 31.2 Å². The Kier molecular flexibility index (Phi) is 6.97. The third kappa shape index (κ3) is 5.54. The van der Waals surface area contributed by atoms with Crippen molar-refractivity contribution < 1.29 is 14.5 Å². The molecule has 0 spiro atoms. The van der Waals surface area contributed by atoms with Crippen LogP contribution in [0.3, 0.4) is 0 Å². The molecule has 2 aromatic rings. The number of piperazine rings is 1. The molecule has 0 aromatic heterocycles. The van der Waals surface area contributed by atoms with Crippen molar-refractivity contribution in [3.8, 4) is 0 Å². The molecule has 1 fully saturated rings. The minimum absolute atomic E-state index is 0.0528. The number of nitro benzene ring substituents is 1. The summed E-state index contributed by atoms with van der Waals surface area (Å²) in [6, 6.07) is 14.3. The Bertz CT molecular complexity index is 911. The molecule has 3 rings (SSSR count). The molecule has 1 saturated heterocycles. The Balaban J connectivity index is 1.39. The summed E-state index contributed by atoms with van der Waals surface area (Å²) in [4.78, 5) is 39.1. The zero-order valence-electron chi connectivity index (χ0n) is 16.8. The van der Waals surface area contributed by atoms with E-state index < -0.39 is 10.8 Å². The van der Waals surface area contributed by atoms with E-state index in [1.54, 1.807) is 6.92 Å². The van der Waals surface area contributed by atoms with Gasteiger partial charge in [0.25, 0.3) is 11.6 Å². The lowest BCUT2D eigenvalue weighted by molar-refractivity contribution is -0.385. The van der Waals surface area contributed by atoms with E-state index in [-0.39, 0.29) is 23.6 Å². The number of benzene rings is 2. The summed E-state index contributed by atoms with van der Waals surface area (Å²) < 4.78 is 0. The van der Waals surface area contributed by atoms with Gasteiger partial charge in [0.1, 0.15) is 0 Å². The fourth-order valence-corrected chi connectivity index (χ4v) is 3.39. The summed E-state index contributed by atoms with van der Waals surface area (Å²) in [7, 11) is 0. The average molecular weight is 411 g/mol. The highest BCUT2D eigenvalue weighted by Crippen LogP contribution is 2.18. The van der Waals surface area contributed by atoms with Crippen molar-refractivity contribution >= 4 is 23.2 Å². The number of amides is 2. The summed E-state index contributed by atoms with van der Waals surface area (Å²) in [5.41, 5.74) is 6.54. The average Bonchev–Trinajstić information content (AvgIpc) is 2.76. The molecule has 0 aliphatic carbocycles. The molecule has 0 bridgehead atoms. The number of hydrazine groups is 1. The van der Waals surface area contributed by atoms with Crippen molar-refractivity contribution in [3.05, 3.63) is 69.8 Å². The third-order valence-electron chi connectivity index (χ3n) is 5.12. The molecule has 0 radical (unpaired) electrons. The number of nitrogens with one attached hydrogen (secondary N) is 2. The van der Waals surface area contributed by atoms with E-state index in [1.165, 1.54) is 23.9 Å². The molecule has 1 aliphatic heterocycles. The van der Waals surface area contributed by atoms with Crippen molar-refractivity contribution in [1.29, 1.82) is 0 Å². The Morgan fingerprint density at radius 2 is 1.73 bits per heavy atom. The largest absolute Gasteiger partial charge is 0.369 e. The minimum atomic E-state index is -0.516. The zero-order valence-corrected chi connectivity index (χ0v) is 16.8. The Labute approximate surface area is 174 Å². The lowest BCUT2D eigenvalue weighted by Gasteiger charge is -2.36. The highest BCUT2D eigenvalue weighted by Gasteiger charge is 2.18. The number of nitro groups is 1. The van der Waals surface area contributed by atoms with Crippen molar-refractivity contribution in [1.82, 2.24) is 15.8 Å². The molecule has 9 nitrogen and oxygen atoms in total. The van der Waals surface area contributed by atoms with Crippen molar-refractivity contribution in [3.63, 3.8) is 0 Å². The smallest absolute Gasteiger partial charge is 0.272 e. The van der Waals surface area contributed by atoms with Crippen molar-refractivity contribution in [2.45, 2.75) is 13.3 Å². The van der Waals surface area contributed by atoms with Gasteiger partial charge in [0.05, 0.1) is 4.92 Å². The number of hydrogen-bond donors (Lipinski definition) is 2. The van der Waals surface area contributed by atoms with Gasteiger partial charge in [-0.25, -0.2) is 0 Å². The molecule has 158 valence electrons. The number of anilines is 1. The predicted octanol–water partition coefficient (Wildman–Crippen LogP) is 1.88. The van der Waals surface area contributed by atoms with Gasteiger partial charge in [-0.15, -0.1) is 0 Å². The summed E-state index contributed by atoms with van der Waals surface area (Å²) in [5, 5.41) is 10.9. The fourth-order valence-electron chi connectivity index (χ4n) is 3.39. The van der Waals surface area contributed by atoms with Crippen LogP contribution in [0, 0.1) is 17.0 Å². The van der Waals surface area contributed by atoms with Crippen LogP contribution in [-0.4, -0.2) is 54.4 Å². The maximum atomic E-state index is 12.1. The predicted molar refractivity (Wildman–Crippen MR) is 113 cm³/mol. The molecule has 9 heteroatoms. The molecular weight excluding hydrogens is 386 g/mol. The van der Waals surface area contributed by atoms with E-state index in [2.05, 4.69) is 32.8 Å². The second-order valence-electron chi connectivity index (χ2n) is 7.17. The fraction of sp³-hybridized carbons (Fsp3) is 0.333. The standard InChI is InChI=1S/C21H25N5O4/c1-16-15-17(7-8-19(16)26(29)30)21(28)23-22-20(27)9-10-24-11-13-25(14-12-24)18-5-3-2-4-6-18/h2-8,15H,9-14H2,1H3,(H,22,27)(H,23,28). The van der Waals surface area contributed by atoms with Crippen LogP contribution in [0.1, 0.15) is 22.3 Å². The monoisotopic (exact) mass is 411 g/mol. The minimum Gasteiger partial charge on any atom is -0.369 e. The van der Waals surface area contributed by atoms with Crippen LogP contribution in [0.15, 0.2) is 48.5 Å². The maximum Gasteiger partial charge on any atom is 0.272 e. The SMILES string of the molecule is Cc1cc(C(=O)NNC(=O)CCN2CCN(c3ccccc3)CC2)ccc1[N+](=O)[O-]. The second kappa shape index (κ2) is 9.84. The maximum absolute atomic E-state index is 12.1. The molecule has 0 saturated carbocycles. The van der Waals surface area contributed by atoms with Crippen LogP contribution in [0.2, 0.25) is 0 Å². The summed E-state index contributed by atoms with van der Waals surface area (Å²) >= 11 is 0. The lowest BCUT2D eigenvalue weighted by Crippen LogP contribution is -2.48. The summed E-state index contributed by atoms with van der Waals surface area (Å²) in [6.45, 7) is 5.73. The molecular formula is C21H25N5O4. The van der Waals surface area contributed by atoms with Crippen LogP contribution in [0.5, 0.6) is 0 Å². The Hall–Kier alpha value is -3.46. The van der Waals surface area contributed by atoms with E-state index in [9.17, 15) is 19.7 Å². The van der Waals surface area contributed by atoms with Gasteiger partial charge in [-0.1, -0.05) is 18.2 Å². The number of rotatable bonds is 6. The van der Waals surface area contributed by atoms with E-state index in [1.807, 2.05) is 18.2 Å². The Morgan fingerprint density at radius 3 is 2.37 bits per heavy atom. The molecule has 0 unspecified atom stereocenters. The van der Waals surface area contributed by atoms with Gasteiger partial charge in [-0.2, -0.15) is 0 Å². The Morgan fingerprint density at radius 1 is 1.03 bits per heavy atom. The topological polar surface area (TPSA) is 108 Å². The number of hydrogen-bond acceptors (Lipinski definition) is 6. The first-order valence-electron chi connectivity index (χ1n) is 9.80. The number of nitrogens with zero attached hydrogens (tertiary/aromatic N) is 3. The summed E-state index contributed by atoms with van der Waals surface area (Å²) in [5.74, 6) is -0.801. The van der Waals surface area contributed by atoms with Gasteiger partial charge in [-0.3, -0.25) is 35.5 Å². The normalized spacial score (nSPS) is 14.2. The number of carbonyl (C=O) groups excluding carboxylic acids is 2. The number of aryl methyl sites for hydroxylation is 1. The van der Waals surface area contributed by atoms with E-state index in [0.717, 1.165) is 26.2 Å². The first-order valence-corrected chi connectivity index (χ1v) is 9.80. The molecule has 2 aromatic carbocycles. The second-order valence-corrected chi connectivity index (χ2v) is 7.17. The van der Waals surface area contributed by atoms with Crippen molar-refractivity contribution in [2.75, 3.05) is 37.6 Å². The third-order valence-corrected chi connectivity index (χ3v) is 5.12. The van der Waals surface area contributed by atoms with E-state index in [0.29, 0.717) is 12.1 Å². The van der Waals surface area contributed by atoms with Gasteiger partial charge in [0.2, 0.25) is 5.91 Å². The number of para-hydroxylation sites is 1. The van der Waals surface area contributed by atoms with Crippen LogP contribution in [-0.2, 0) is 4.79 Å². The van der Waals surface area contributed by atoms with E-state index in [4.69, 9.17) is 0 Å². The molecule has 30 heavy (non-hydrogen) atoms. The van der Waals surface area contributed by atoms with Gasteiger partial charge in [0.15, 0.2) is 0 Å². The van der Waals surface area contributed by atoms with Crippen molar-refractivity contribution in [2.24, 2.45) is 0 Å². The molecule has 2 amide bonds.